The fraction of sp³-hybridized carbons (Fsp3) is 0.286. The smallest absolute Gasteiger partial charge is 0.141 e. The number of pyridine rings is 1. The van der Waals surface area contributed by atoms with E-state index in [0.717, 1.165) is 5.69 Å². The van der Waals surface area contributed by atoms with Crippen LogP contribution in [-0.4, -0.2) is 11.6 Å². The summed E-state index contributed by atoms with van der Waals surface area (Å²) in [7, 11) is 0. The van der Waals surface area contributed by atoms with Crippen LogP contribution in [0.15, 0.2) is 18.3 Å². The Labute approximate surface area is 64.0 Å². The zero-order valence-corrected chi connectivity index (χ0v) is 5.96. The Balaban J connectivity index is 2.52. The van der Waals surface area contributed by atoms with Gasteiger partial charge in [-0.15, -0.1) is 0 Å². The van der Waals surface area contributed by atoms with Crippen LogP contribution < -0.4 is 5.90 Å². The molecule has 0 unspecified atom stereocenters. The van der Waals surface area contributed by atoms with Crippen LogP contribution in [0, 0.1) is 5.82 Å². The number of hydrogen-bond donors (Lipinski definition) is 1. The van der Waals surface area contributed by atoms with Crippen molar-refractivity contribution in [2.24, 2.45) is 5.90 Å². The minimum atomic E-state index is -0.331. The molecule has 0 aromatic carbocycles. The van der Waals surface area contributed by atoms with Gasteiger partial charge in [0, 0.05) is 12.1 Å². The summed E-state index contributed by atoms with van der Waals surface area (Å²) >= 11 is 0. The molecule has 0 aliphatic heterocycles. The molecule has 1 rings (SSSR count). The number of halogens is 1. The van der Waals surface area contributed by atoms with Crippen molar-refractivity contribution in [1.29, 1.82) is 0 Å². The number of rotatable bonds is 3. The lowest BCUT2D eigenvalue weighted by molar-refractivity contribution is 0.140. The van der Waals surface area contributed by atoms with Crippen LogP contribution in [0.4, 0.5) is 4.39 Å². The zero-order valence-electron chi connectivity index (χ0n) is 5.96. The highest BCUT2D eigenvalue weighted by atomic mass is 19.1. The first-order valence-electron chi connectivity index (χ1n) is 3.25. The van der Waals surface area contributed by atoms with E-state index in [0.29, 0.717) is 13.0 Å². The van der Waals surface area contributed by atoms with Gasteiger partial charge in [-0.25, -0.2) is 10.3 Å². The Morgan fingerprint density at radius 2 is 2.36 bits per heavy atom. The lowest BCUT2D eigenvalue weighted by Gasteiger charge is -1.97. The molecule has 3 nitrogen and oxygen atoms in total. The average Bonchev–Trinajstić information content (AvgIpc) is 2.04. The highest BCUT2D eigenvalue weighted by molar-refractivity contribution is 5.05. The molecular weight excluding hydrogens is 147 g/mol. The lowest BCUT2D eigenvalue weighted by atomic mass is 10.3. The van der Waals surface area contributed by atoms with Gasteiger partial charge in [0.2, 0.25) is 0 Å². The van der Waals surface area contributed by atoms with Gasteiger partial charge in [0.25, 0.3) is 0 Å². The molecule has 0 aliphatic carbocycles. The number of aromatic nitrogens is 1. The minimum absolute atomic E-state index is 0.331. The number of nitrogens with zero attached hydrogens (tertiary/aromatic N) is 1. The van der Waals surface area contributed by atoms with Crippen molar-refractivity contribution < 1.29 is 9.23 Å². The predicted molar refractivity (Wildman–Crippen MR) is 38.0 cm³/mol. The van der Waals surface area contributed by atoms with Crippen molar-refractivity contribution in [3.8, 4) is 0 Å². The van der Waals surface area contributed by atoms with E-state index in [1.165, 1.54) is 12.3 Å². The van der Waals surface area contributed by atoms with Gasteiger partial charge in [0.05, 0.1) is 12.8 Å². The molecule has 0 spiro atoms. The van der Waals surface area contributed by atoms with Crippen molar-refractivity contribution in [2.45, 2.75) is 6.42 Å². The third kappa shape index (κ3) is 2.61. The molecule has 11 heavy (non-hydrogen) atoms. The highest BCUT2D eigenvalue weighted by Crippen LogP contribution is 1.98. The minimum Gasteiger partial charge on any atom is -0.304 e. The first kappa shape index (κ1) is 8.10. The monoisotopic (exact) mass is 156 g/mol. The molecule has 0 saturated heterocycles. The van der Waals surface area contributed by atoms with Gasteiger partial charge in [0.15, 0.2) is 0 Å². The van der Waals surface area contributed by atoms with Gasteiger partial charge in [-0.05, 0) is 12.1 Å². The molecule has 0 fully saturated rings. The summed E-state index contributed by atoms with van der Waals surface area (Å²) in [6, 6.07) is 2.97. The van der Waals surface area contributed by atoms with E-state index in [9.17, 15) is 4.39 Å². The molecular formula is C7H9FN2O. The Bertz CT molecular complexity index is 212. The van der Waals surface area contributed by atoms with Gasteiger partial charge in [0.1, 0.15) is 5.82 Å². The van der Waals surface area contributed by atoms with E-state index < -0.39 is 0 Å². The van der Waals surface area contributed by atoms with Gasteiger partial charge in [-0.2, -0.15) is 0 Å². The van der Waals surface area contributed by atoms with Crippen LogP contribution in [0.2, 0.25) is 0 Å². The average molecular weight is 156 g/mol. The van der Waals surface area contributed by atoms with Crippen LogP contribution in [-0.2, 0) is 11.3 Å². The Hall–Kier alpha value is -1.00. The second kappa shape index (κ2) is 4.00. The molecule has 1 aromatic heterocycles. The molecule has 0 amide bonds. The van der Waals surface area contributed by atoms with E-state index in [-0.39, 0.29) is 5.82 Å². The molecule has 2 N–H and O–H groups in total. The van der Waals surface area contributed by atoms with E-state index in [1.807, 2.05) is 0 Å². The fourth-order valence-corrected chi connectivity index (χ4v) is 0.718. The first-order valence-corrected chi connectivity index (χ1v) is 3.25. The SMILES string of the molecule is NOCCc1ccc(F)cn1. The maximum Gasteiger partial charge on any atom is 0.141 e. The number of hydrogen-bond acceptors (Lipinski definition) is 3. The highest BCUT2D eigenvalue weighted by Gasteiger charge is 1.93. The summed E-state index contributed by atoms with van der Waals surface area (Å²) in [5, 5.41) is 0. The van der Waals surface area contributed by atoms with Crippen molar-refractivity contribution in [1.82, 2.24) is 4.98 Å². The maximum absolute atomic E-state index is 12.3. The van der Waals surface area contributed by atoms with Crippen LogP contribution in [0.3, 0.4) is 0 Å². The predicted octanol–water partition coefficient (Wildman–Crippen LogP) is 0.653. The van der Waals surface area contributed by atoms with E-state index in [2.05, 4.69) is 9.82 Å². The second-order valence-electron chi connectivity index (χ2n) is 2.09. The molecule has 60 valence electrons. The third-order valence-electron chi connectivity index (χ3n) is 1.26. The van der Waals surface area contributed by atoms with Gasteiger partial charge in [-0.1, -0.05) is 0 Å². The van der Waals surface area contributed by atoms with Gasteiger partial charge >= 0.3 is 0 Å². The van der Waals surface area contributed by atoms with Crippen molar-refractivity contribution >= 4 is 0 Å². The van der Waals surface area contributed by atoms with Crippen molar-refractivity contribution in [3.63, 3.8) is 0 Å². The summed E-state index contributed by atoms with van der Waals surface area (Å²) in [5.41, 5.74) is 0.775. The van der Waals surface area contributed by atoms with Crippen LogP contribution in [0.5, 0.6) is 0 Å². The van der Waals surface area contributed by atoms with Crippen molar-refractivity contribution in [2.75, 3.05) is 6.61 Å². The van der Waals surface area contributed by atoms with Crippen molar-refractivity contribution in [3.05, 3.63) is 29.8 Å². The molecule has 0 saturated carbocycles. The third-order valence-corrected chi connectivity index (χ3v) is 1.26. The normalized spacial score (nSPS) is 10.0. The second-order valence-corrected chi connectivity index (χ2v) is 2.09. The molecule has 4 heteroatoms. The van der Waals surface area contributed by atoms with E-state index >= 15 is 0 Å². The van der Waals surface area contributed by atoms with Gasteiger partial charge < -0.3 is 4.84 Å². The van der Waals surface area contributed by atoms with E-state index in [4.69, 9.17) is 5.90 Å². The standard InChI is InChI=1S/C7H9FN2O/c8-6-1-2-7(10-5-6)3-4-11-9/h1-2,5H,3-4,9H2. The molecule has 0 radical (unpaired) electrons. The Kier molecular flexibility index (Phi) is 2.95. The Morgan fingerprint density at radius 3 is 2.91 bits per heavy atom. The maximum atomic E-state index is 12.3. The Morgan fingerprint density at radius 1 is 1.55 bits per heavy atom. The summed E-state index contributed by atoms with van der Waals surface area (Å²) in [5.74, 6) is 4.47. The summed E-state index contributed by atoms with van der Waals surface area (Å²) in [6.45, 7) is 0.401. The number of nitrogens with two attached hydrogens (primary N) is 1. The van der Waals surface area contributed by atoms with E-state index in [1.54, 1.807) is 6.07 Å². The lowest BCUT2D eigenvalue weighted by Crippen LogP contribution is -2.04. The van der Waals surface area contributed by atoms with Crippen LogP contribution >= 0.6 is 0 Å². The topological polar surface area (TPSA) is 48.1 Å². The fourth-order valence-electron chi connectivity index (χ4n) is 0.718. The van der Waals surface area contributed by atoms with Gasteiger partial charge in [-0.3, -0.25) is 4.98 Å². The molecule has 1 heterocycles. The zero-order chi connectivity index (χ0) is 8.10. The quantitative estimate of drug-likeness (QED) is 0.654. The summed E-state index contributed by atoms with van der Waals surface area (Å²) in [6.07, 6.45) is 1.78. The molecule has 1 aromatic rings. The van der Waals surface area contributed by atoms with Crippen LogP contribution in [0.25, 0.3) is 0 Å². The molecule has 0 aliphatic rings. The first-order chi connectivity index (χ1) is 5.33. The largest absolute Gasteiger partial charge is 0.304 e. The molecule has 0 bridgehead atoms. The summed E-state index contributed by atoms with van der Waals surface area (Å²) < 4.78 is 12.3. The summed E-state index contributed by atoms with van der Waals surface area (Å²) in [4.78, 5) is 8.15. The molecule has 0 atom stereocenters. The van der Waals surface area contributed by atoms with Crippen LogP contribution in [0.1, 0.15) is 5.69 Å².